The number of hydrogen-bond acceptors (Lipinski definition) is 2. The van der Waals surface area contributed by atoms with E-state index >= 15 is 0 Å². The van der Waals surface area contributed by atoms with Gasteiger partial charge in [-0.3, -0.25) is 4.90 Å². The zero-order valence-corrected chi connectivity index (χ0v) is 7.85. The first kappa shape index (κ1) is 11.4. The Labute approximate surface area is 81.0 Å². The Morgan fingerprint density at radius 2 is 1.79 bits per heavy atom. The Bertz CT molecular complexity index is 207. The van der Waals surface area contributed by atoms with Crippen LogP contribution in [0.5, 0.6) is 0 Å². The van der Waals surface area contributed by atoms with E-state index in [1.807, 2.05) is 4.90 Å². The highest BCUT2D eigenvalue weighted by Crippen LogP contribution is 2.23. The highest BCUT2D eigenvalue weighted by Gasteiger charge is 2.33. The molecule has 2 nitrogen and oxygen atoms in total. The third-order valence-corrected chi connectivity index (χ3v) is 2.28. The van der Waals surface area contributed by atoms with Crippen LogP contribution in [0.15, 0.2) is 11.8 Å². The molecule has 5 heteroatoms. The Hall–Kier alpha value is -0.710. The summed E-state index contributed by atoms with van der Waals surface area (Å²) >= 11 is 0. The Balaban J connectivity index is 2.37. The molecule has 82 valence electrons. The van der Waals surface area contributed by atoms with Crippen molar-refractivity contribution in [3.63, 3.8) is 0 Å². The van der Waals surface area contributed by atoms with E-state index in [-0.39, 0.29) is 6.54 Å². The number of rotatable bonds is 2. The van der Waals surface area contributed by atoms with Gasteiger partial charge in [-0.1, -0.05) is 6.42 Å². The molecule has 14 heavy (non-hydrogen) atoms. The van der Waals surface area contributed by atoms with Gasteiger partial charge >= 0.3 is 6.18 Å². The molecule has 1 aliphatic rings. The van der Waals surface area contributed by atoms with E-state index in [1.165, 1.54) is 0 Å². The zero-order chi connectivity index (χ0) is 10.6. The monoisotopic (exact) mass is 209 g/mol. The molecule has 0 amide bonds. The summed E-state index contributed by atoms with van der Waals surface area (Å²) in [5.74, 6) is -1.48. The van der Waals surface area contributed by atoms with E-state index in [4.69, 9.17) is 5.11 Å². The van der Waals surface area contributed by atoms with Crippen LogP contribution in [0.4, 0.5) is 13.2 Å². The van der Waals surface area contributed by atoms with Crippen molar-refractivity contribution < 1.29 is 18.3 Å². The second-order valence-corrected chi connectivity index (χ2v) is 3.45. The number of aliphatic hydroxyl groups excluding tert-OH is 1. The maximum atomic E-state index is 11.9. The number of aliphatic hydroxyl groups is 1. The van der Waals surface area contributed by atoms with Crippen LogP contribution < -0.4 is 0 Å². The van der Waals surface area contributed by atoms with Crippen molar-refractivity contribution in [2.24, 2.45) is 0 Å². The standard InChI is InChI=1S/C9H14F3NO/c10-9(11,12)8(14)4-7-13-5-2-1-3-6-13/h4,14H,1-3,5-7H2. The molecule has 1 fully saturated rings. The molecule has 1 rings (SSSR count). The van der Waals surface area contributed by atoms with Gasteiger partial charge in [-0.2, -0.15) is 13.2 Å². The number of piperidine rings is 1. The normalized spacial score (nSPS) is 21.2. The first-order valence-electron chi connectivity index (χ1n) is 4.69. The topological polar surface area (TPSA) is 23.5 Å². The fraction of sp³-hybridized carbons (Fsp3) is 0.778. The van der Waals surface area contributed by atoms with Crippen LogP contribution in [0.3, 0.4) is 0 Å². The lowest BCUT2D eigenvalue weighted by molar-refractivity contribution is -0.121. The molecule has 1 saturated heterocycles. The zero-order valence-electron chi connectivity index (χ0n) is 7.85. The van der Waals surface area contributed by atoms with Gasteiger partial charge in [0.1, 0.15) is 0 Å². The third-order valence-electron chi connectivity index (χ3n) is 2.28. The second-order valence-electron chi connectivity index (χ2n) is 3.45. The molecule has 0 saturated carbocycles. The van der Waals surface area contributed by atoms with Crippen molar-refractivity contribution in [2.75, 3.05) is 19.6 Å². The van der Waals surface area contributed by atoms with Crippen molar-refractivity contribution in [1.29, 1.82) is 0 Å². The van der Waals surface area contributed by atoms with Gasteiger partial charge in [-0.25, -0.2) is 0 Å². The summed E-state index contributed by atoms with van der Waals surface area (Å²) in [6.45, 7) is 1.83. The summed E-state index contributed by atoms with van der Waals surface area (Å²) in [7, 11) is 0. The van der Waals surface area contributed by atoms with Gasteiger partial charge in [0, 0.05) is 6.54 Å². The molecule has 0 bridgehead atoms. The number of hydrogen-bond donors (Lipinski definition) is 1. The number of allylic oxidation sites excluding steroid dienone is 1. The Morgan fingerprint density at radius 3 is 2.29 bits per heavy atom. The summed E-state index contributed by atoms with van der Waals surface area (Å²) in [6, 6.07) is 0. The van der Waals surface area contributed by atoms with Gasteiger partial charge < -0.3 is 5.11 Å². The largest absolute Gasteiger partial charge is 0.504 e. The summed E-state index contributed by atoms with van der Waals surface area (Å²) in [6.07, 6.45) is -0.562. The summed E-state index contributed by atoms with van der Waals surface area (Å²) in [5, 5.41) is 8.63. The lowest BCUT2D eigenvalue weighted by Crippen LogP contribution is -2.30. The SMILES string of the molecule is OC(=CCN1CCCCC1)C(F)(F)F. The molecule has 0 aliphatic carbocycles. The van der Waals surface area contributed by atoms with E-state index in [0.717, 1.165) is 38.4 Å². The molecule has 1 heterocycles. The summed E-state index contributed by atoms with van der Waals surface area (Å²) < 4.78 is 35.6. The summed E-state index contributed by atoms with van der Waals surface area (Å²) in [5.41, 5.74) is 0. The van der Waals surface area contributed by atoms with Gasteiger partial charge in [0.05, 0.1) is 0 Å². The molecule has 0 atom stereocenters. The molecule has 0 aromatic heterocycles. The second kappa shape index (κ2) is 4.68. The van der Waals surface area contributed by atoms with E-state index in [2.05, 4.69) is 0 Å². The Morgan fingerprint density at radius 1 is 1.21 bits per heavy atom. The number of nitrogens with zero attached hydrogens (tertiary/aromatic N) is 1. The first-order valence-corrected chi connectivity index (χ1v) is 4.69. The van der Waals surface area contributed by atoms with Crippen LogP contribution in [0.25, 0.3) is 0 Å². The maximum absolute atomic E-state index is 11.9. The fourth-order valence-electron chi connectivity index (χ4n) is 1.47. The lowest BCUT2D eigenvalue weighted by atomic mass is 10.1. The quantitative estimate of drug-likeness (QED) is 0.706. The van der Waals surface area contributed by atoms with Crippen molar-refractivity contribution in [3.05, 3.63) is 11.8 Å². The van der Waals surface area contributed by atoms with E-state index in [9.17, 15) is 13.2 Å². The minimum Gasteiger partial charge on any atom is -0.504 e. The van der Waals surface area contributed by atoms with Crippen molar-refractivity contribution in [3.8, 4) is 0 Å². The highest BCUT2D eigenvalue weighted by atomic mass is 19.4. The number of halogens is 3. The highest BCUT2D eigenvalue weighted by molar-refractivity contribution is 4.99. The maximum Gasteiger partial charge on any atom is 0.448 e. The molecule has 0 spiro atoms. The van der Waals surface area contributed by atoms with E-state index < -0.39 is 11.9 Å². The molecule has 0 radical (unpaired) electrons. The van der Waals surface area contributed by atoms with Gasteiger partial charge in [0.2, 0.25) is 0 Å². The molecule has 1 aliphatic heterocycles. The van der Waals surface area contributed by atoms with Crippen LogP contribution in [-0.2, 0) is 0 Å². The van der Waals surface area contributed by atoms with E-state index in [0.29, 0.717) is 0 Å². The van der Waals surface area contributed by atoms with Crippen molar-refractivity contribution in [2.45, 2.75) is 25.4 Å². The predicted octanol–water partition coefficient (Wildman–Crippen LogP) is 2.48. The molecular weight excluding hydrogens is 195 g/mol. The van der Waals surface area contributed by atoms with Crippen molar-refractivity contribution >= 4 is 0 Å². The van der Waals surface area contributed by atoms with Gasteiger partial charge in [-0.15, -0.1) is 0 Å². The van der Waals surface area contributed by atoms with Gasteiger partial charge in [-0.05, 0) is 32.0 Å². The van der Waals surface area contributed by atoms with Crippen LogP contribution in [-0.4, -0.2) is 35.8 Å². The number of likely N-dealkylation sites (tertiary alicyclic amines) is 1. The first-order chi connectivity index (χ1) is 6.50. The smallest absolute Gasteiger partial charge is 0.448 e. The minimum atomic E-state index is -4.60. The molecule has 0 aromatic carbocycles. The van der Waals surface area contributed by atoms with Crippen LogP contribution >= 0.6 is 0 Å². The average Bonchev–Trinajstić information content (AvgIpc) is 2.14. The molecule has 0 aromatic rings. The van der Waals surface area contributed by atoms with Crippen LogP contribution in [0.1, 0.15) is 19.3 Å². The van der Waals surface area contributed by atoms with Gasteiger partial charge in [0.25, 0.3) is 0 Å². The third kappa shape index (κ3) is 3.57. The molecule has 1 N–H and O–H groups in total. The lowest BCUT2D eigenvalue weighted by Gasteiger charge is -2.25. The fourth-order valence-corrected chi connectivity index (χ4v) is 1.47. The average molecular weight is 209 g/mol. The minimum absolute atomic E-state index is 0.186. The number of alkyl halides is 3. The van der Waals surface area contributed by atoms with Crippen LogP contribution in [0.2, 0.25) is 0 Å². The molecular formula is C9H14F3NO. The van der Waals surface area contributed by atoms with Crippen LogP contribution in [0, 0.1) is 0 Å². The summed E-state index contributed by atoms with van der Waals surface area (Å²) in [4.78, 5) is 1.91. The predicted molar refractivity (Wildman–Crippen MR) is 47.1 cm³/mol. The van der Waals surface area contributed by atoms with Crippen molar-refractivity contribution in [1.82, 2.24) is 4.90 Å². The Kier molecular flexibility index (Phi) is 3.80. The molecule has 0 unspecified atom stereocenters. The van der Waals surface area contributed by atoms with Gasteiger partial charge in [0.15, 0.2) is 5.76 Å². The van der Waals surface area contributed by atoms with E-state index in [1.54, 1.807) is 0 Å².